The fraction of sp³-hybridized carbons (Fsp3) is 0.913. The molecule has 0 rings (SSSR count). The highest BCUT2D eigenvalue weighted by Crippen LogP contribution is 2.01. The minimum absolute atomic E-state index is 0.0651. The number of ether oxygens (including phenoxy) is 9. The highest BCUT2D eigenvalue weighted by molar-refractivity contribution is 5.69. The Morgan fingerprint density at radius 3 is 1.14 bits per heavy atom. The van der Waals surface area contributed by atoms with Crippen molar-refractivity contribution in [3.8, 4) is 0 Å². The van der Waals surface area contributed by atoms with Crippen molar-refractivity contribution in [3.63, 3.8) is 0 Å². The molecular weight excluding hydrogens is 468 g/mol. The van der Waals surface area contributed by atoms with Crippen LogP contribution < -0.4 is 0 Å². The van der Waals surface area contributed by atoms with Crippen LogP contribution >= 0.6 is 0 Å². The van der Waals surface area contributed by atoms with Gasteiger partial charge in [-0.2, -0.15) is 0 Å². The summed E-state index contributed by atoms with van der Waals surface area (Å²) in [4.78, 5) is 21.8. The predicted octanol–water partition coefficient (Wildman–Crippen LogP) is 0.937. The van der Waals surface area contributed by atoms with Crippen LogP contribution in [0, 0.1) is 0 Å². The summed E-state index contributed by atoms with van der Waals surface area (Å²) in [6.07, 6.45) is 1.26. The summed E-state index contributed by atoms with van der Waals surface area (Å²) in [6, 6.07) is 0. The normalized spacial score (nSPS) is 11.1. The molecule has 0 amide bonds. The zero-order valence-electron chi connectivity index (χ0n) is 21.1. The number of carbonyl (C=O) groups excluding carboxylic acids is 1. The third-order valence-corrected chi connectivity index (χ3v) is 4.18. The zero-order chi connectivity index (χ0) is 25.7. The van der Waals surface area contributed by atoms with Gasteiger partial charge in [0.05, 0.1) is 99.1 Å². The van der Waals surface area contributed by atoms with Gasteiger partial charge >= 0.3 is 11.9 Å². The second-order valence-corrected chi connectivity index (χ2v) is 7.10. The molecule has 208 valence electrons. The fourth-order valence-electron chi connectivity index (χ4n) is 2.40. The first-order chi connectivity index (χ1) is 17.2. The Morgan fingerprint density at radius 1 is 0.486 bits per heavy atom. The average Bonchev–Trinajstić information content (AvgIpc) is 2.84. The number of esters is 1. The van der Waals surface area contributed by atoms with E-state index in [1.54, 1.807) is 7.11 Å². The summed E-state index contributed by atoms with van der Waals surface area (Å²) in [5.74, 6) is -1.20. The van der Waals surface area contributed by atoms with Crippen molar-refractivity contribution < 1.29 is 57.3 Å². The number of hydrogen-bond donors (Lipinski definition) is 1. The van der Waals surface area contributed by atoms with Crippen LogP contribution in [-0.2, 0) is 52.2 Å². The molecule has 0 aliphatic carbocycles. The highest BCUT2D eigenvalue weighted by atomic mass is 16.6. The Kier molecular flexibility index (Phi) is 27.7. The lowest BCUT2D eigenvalue weighted by Crippen LogP contribution is -2.15. The standard InChI is InChI=1S/C23H44O12/c1-27-6-7-28-8-9-29-10-11-30-12-13-31-14-15-32-16-17-33-18-19-34-20-21-35-23(26)5-3-2-4-22(24)25/h2-21H2,1H3,(H,24,25). The summed E-state index contributed by atoms with van der Waals surface area (Å²) in [5, 5.41) is 8.51. The van der Waals surface area contributed by atoms with Crippen molar-refractivity contribution >= 4 is 11.9 Å². The monoisotopic (exact) mass is 512 g/mol. The lowest BCUT2D eigenvalue weighted by atomic mass is 10.2. The SMILES string of the molecule is COCCOCCOCCOCCOCCOCCOCCOCCOC(=O)CCCCC(=O)O. The van der Waals surface area contributed by atoms with Gasteiger partial charge in [0.2, 0.25) is 0 Å². The van der Waals surface area contributed by atoms with Crippen molar-refractivity contribution in [2.75, 3.05) is 113 Å². The molecule has 0 aliphatic heterocycles. The lowest BCUT2D eigenvalue weighted by Gasteiger charge is -2.08. The van der Waals surface area contributed by atoms with E-state index in [0.717, 1.165) is 0 Å². The number of carboxylic acids is 1. The molecule has 0 atom stereocenters. The van der Waals surface area contributed by atoms with Crippen LogP contribution in [0.2, 0.25) is 0 Å². The first-order valence-corrected chi connectivity index (χ1v) is 12.1. The summed E-state index contributed by atoms with van der Waals surface area (Å²) in [5.41, 5.74) is 0. The fourth-order valence-corrected chi connectivity index (χ4v) is 2.40. The summed E-state index contributed by atoms with van der Waals surface area (Å²) >= 11 is 0. The maximum Gasteiger partial charge on any atom is 0.305 e. The largest absolute Gasteiger partial charge is 0.481 e. The highest BCUT2D eigenvalue weighted by Gasteiger charge is 2.04. The molecule has 0 fully saturated rings. The number of carboxylic acid groups (broad SMARTS) is 1. The van der Waals surface area contributed by atoms with Crippen LogP contribution in [0.4, 0.5) is 0 Å². The molecule has 0 saturated carbocycles. The van der Waals surface area contributed by atoms with Crippen LogP contribution in [0.1, 0.15) is 25.7 Å². The van der Waals surface area contributed by atoms with Gasteiger partial charge in [0.1, 0.15) is 6.61 Å². The van der Waals surface area contributed by atoms with Crippen LogP contribution in [0.5, 0.6) is 0 Å². The first kappa shape index (κ1) is 33.6. The summed E-state index contributed by atoms with van der Waals surface area (Å²) in [7, 11) is 1.64. The third kappa shape index (κ3) is 30.6. The van der Waals surface area contributed by atoms with Gasteiger partial charge in [0.15, 0.2) is 0 Å². The van der Waals surface area contributed by atoms with Crippen LogP contribution in [0.3, 0.4) is 0 Å². The smallest absolute Gasteiger partial charge is 0.305 e. The third-order valence-electron chi connectivity index (χ3n) is 4.18. The molecule has 0 saturated heterocycles. The van der Waals surface area contributed by atoms with E-state index in [2.05, 4.69) is 0 Å². The molecule has 0 bridgehead atoms. The molecular formula is C23H44O12. The number of aliphatic carboxylic acids is 1. The van der Waals surface area contributed by atoms with Crippen molar-refractivity contribution in [1.82, 2.24) is 0 Å². The quantitative estimate of drug-likeness (QED) is 0.113. The molecule has 35 heavy (non-hydrogen) atoms. The van der Waals surface area contributed by atoms with Gasteiger partial charge in [-0.25, -0.2) is 0 Å². The van der Waals surface area contributed by atoms with E-state index in [4.69, 9.17) is 47.7 Å². The van der Waals surface area contributed by atoms with Crippen molar-refractivity contribution in [2.45, 2.75) is 25.7 Å². The Balaban J connectivity index is 3.10. The number of rotatable bonds is 29. The first-order valence-electron chi connectivity index (χ1n) is 12.1. The number of unbranched alkanes of at least 4 members (excludes halogenated alkanes) is 1. The topological polar surface area (TPSA) is 137 Å². The minimum atomic E-state index is -0.860. The van der Waals surface area contributed by atoms with Gasteiger partial charge in [-0.05, 0) is 12.8 Å². The number of carbonyl (C=O) groups is 2. The van der Waals surface area contributed by atoms with Crippen LogP contribution in [0.25, 0.3) is 0 Å². The molecule has 0 aromatic heterocycles. The zero-order valence-corrected chi connectivity index (χ0v) is 21.1. The summed E-state index contributed by atoms with van der Waals surface area (Å²) in [6.45, 7) is 7.44. The maximum absolute atomic E-state index is 11.4. The second kappa shape index (κ2) is 28.9. The maximum atomic E-state index is 11.4. The van der Waals surface area contributed by atoms with E-state index >= 15 is 0 Å². The minimum Gasteiger partial charge on any atom is -0.481 e. The number of hydrogen-bond acceptors (Lipinski definition) is 11. The summed E-state index contributed by atoms with van der Waals surface area (Å²) < 4.78 is 47.4. The average molecular weight is 513 g/mol. The van der Waals surface area contributed by atoms with Gasteiger partial charge in [0.25, 0.3) is 0 Å². The molecule has 0 spiro atoms. The number of methoxy groups -OCH3 is 1. The molecule has 0 aliphatic rings. The Labute approximate surface area is 208 Å². The van der Waals surface area contributed by atoms with E-state index in [9.17, 15) is 9.59 Å². The van der Waals surface area contributed by atoms with E-state index in [0.29, 0.717) is 112 Å². The predicted molar refractivity (Wildman–Crippen MR) is 125 cm³/mol. The van der Waals surface area contributed by atoms with Crippen molar-refractivity contribution in [3.05, 3.63) is 0 Å². The molecule has 0 aromatic rings. The molecule has 12 nitrogen and oxygen atoms in total. The molecule has 0 unspecified atom stereocenters. The van der Waals surface area contributed by atoms with Gasteiger partial charge in [-0.15, -0.1) is 0 Å². The Hall–Kier alpha value is -1.38. The van der Waals surface area contributed by atoms with Crippen molar-refractivity contribution in [2.24, 2.45) is 0 Å². The van der Waals surface area contributed by atoms with Gasteiger partial charge < -0.3 is 47.7 Å². The second-order valence-electron chi connectivity index (χ2n) is 7.10. The Bertz CT molecular complexity index is 464. The molecule has 0 heterocycles. The van der Waals surface area contributed by atoms with E-state index < -0.39 is 5.97 Å². The van der Waals surface area contributed by atoms with Gasteiger partial charge in [-0.3, -0.25) is 9.59 Å². The van der Waals surface area contributed by atoms with E-state index in [1.807, 2.05) is 0 Å². The molecule has 1 N–H and O–H groups in total. The molecule has 0 aromatic carbocycles. The van der Waals surface area contributed by atoms with Crippen LogP contribution in [-0.4, -0.2) is 130 Å². The van der Waals surface area contributed by atoms with Crippen LogP contribution in [0.15, 0.2) is 0 Å². The Morgan fingerprint density at radius 2 is 0.800 bits per heavy atom. The molecule has 0 radical (unpaired) electrons. The van der Waals surface area contributed by atoms with E-state index in [-0.39, 0.29) is 25.4 Å². The van der Waals surface area contributed by atoms with Gasteiger partial charge in [0, 0.05) is 20.0 Å². The van der Waals surface area contributed by atoms with Gasteiger partial charge in [-0.1, -0.05) is 0 Å². The lowest BCUT2D eigenvalue weighted by molar-refractivity contribution is -0.146. The van der Waals surface area contributed by atoms with Crippen molar-refractivity contribution in [1.29, 1.82) is 0 Å². The van der Waals surface area contributed by atoms with E-state index in [1.165, 1.54) is 0 Å². The molecule has 12 heteroatoms.